The van der Waals surface area contributed by atoms with Gasteiger partial charge in [0.15, 0.2) is 0 Å². The van der Waals surface area contributed by atoms with Crippen LogP contribution < -0.4 is 29.6 Å². The Bertz CT molecular complexity index is 2230. The third-order valence-electron chi connectivity index (χ3n) is 10.8. The van der Waals surface area contributed by atoms with E-state index in [4.69, 9.17) is 25.9 Å². The number of hydrogen-bond acceptors (Lipinski definition) is 2. The summed E-state index contributed by atoms with van der Waals surface area (Å²) in [6, 6.07) is 68.7. The van der Waals surface area contributed by atoms with Gasteiger partial charge in [-0.15, -0.1) is 82.2 Å². The van der Waals surface area contributed by atoms with Crippen molar-refractivity contribution >= 4 is 79.7 Å². The van der Waals surface area contributed by atoms with Crippen LogP contribution in [0.1, 0.15) is 48.5 Å². The van der Waals surface area contributed by atoms with E-state index in [1.807, 2.05) is 10.6 Å². The van der Waals surface area contributed by atoms with Crippen molar-refractivity contribution in [2.75, 3.05) is 0 Å². The summed E-state index contributed by atoms with van der Waals surface area (Å²) < 4.78 is 16.0. The van der Waals surface area contributed by atoms with Crippen molar-refractivity contribution in [2.24, 2.45) is 0 Å². The van der Waals surface area contributed by atoms with Crippen molar-refractivity contribution < 1.29 is 27.7 Å². The topological polar surface area (TPSA) is 18.5 Å². The first kappa shape index (κ1) is 44.5. The Morgan fingerprint density at radius 1 is 0.441 bits per heavy atom. The van der Waals surface area contributed by atoms with Crippen molar-refractivity contribution in [1.82, 2.24) is 0 Å². The molecule has 0 aliphatic carbocycles. The van der Waals surface area contributed by atoms with Crippen LogP contribution >= 0.6 is 17.0 Å². The summed E-state index contributed by atoms with van der Waals surface area (Å²) in [5.74, 6) is 1.93. The van der Waals surface area contributed by atoms with E-state index in [0.717, 1.165) is 11.5 Å². The fourth-order valence-electron chi connectivity index (χ4n) is 8.01. The number of rotatable bonds is 8. The van der Waals surface area contributed by atoms with Crippen molar-refractivity contribution in [3.8, 4) is 11.5 Å². The molecule has 8 aromatic carbocycles. The van der Waals surface area contributed by atoms with E-state index in [9.17, 15) is 0 Å². The van der Waals surface area contributed by atoms with Crippen molar-refractivity contribution in [2.45, 2.75) is 58.5 Å². The number of benzene rings is 6. The maximum atomic E-state index is 7.06. The van der Waals surface area contributed by atoms with Crippen molar-refractivity contribution in [3.05, 3.63) is 194 Å². The summed E-state index contributed by atoms with van der Waals surface area (Å²) in [7, 11) is 5.63. The summed E-state index contributed by atoms with van der Waals surface area (Å²) in [5, 5.41) is 10.1. The van der Waals surface area contributed by atoms with Crippen LogP contribution in [0.3, 0.4) is 0 Å². The van der Waals surface area contributed by atoms with Gasteiger partial charge in [-0.3, -0.25) is 0 Å². The molecular weight excluding hydrogens is 875 g/mol. The van der Waals surface area contributed by atoms with E-state index < -0.39 is 35.5 Å². The average Bonchev–Trinajstić information content (AvgIpc) is 3.86. The fourth-order valence-corrected chi connectivity index (χ4v) is 16.8. The van der Waals surface area contributed by atoms with Gasteiger partial charge in [0, 0.05) is 11.5 Å². The monoisotopic (exact) mass is 926 g/mol. The molecule has 0 aliphatic rings. The van der Waals surface area contributed by atoms with Crippen LogP contribution in [0, 0.1) is 0 Å². The van der Waals surface area contributed by atoms with Gasteiger partial charge in [-0.2, -0.15) is 0 Å². The van der Waals surface area contributed by atoms with E-state index in [1.54, 1.807) is 0 Å². The summed E-state index contributed by atoms with van der Waals surface area (Å²) in [6.45, 7) is 15.7. The molecule has 0 atom stereocenters. The third kappa shape index (κ3) is 10.1. The molecule has 0 aliphatic heterocycles. The van der Waals surface area contributed by atoms with Gasteiger partial charge in [0.1, 0.15) is 0 Å². The van der Waals surface area contributed by atoms with Crippen LogP contribution in [-0.4, -0.2) is 20.3 Å². The summed E-state index contributed by atoms with van der Waals surface area (Å²) in [4.78, 5) is 0. The fraction of sp³-hybridized carbons (Fsp3) is 0.173. The number of hydrogen-bond donors (Lipinski definition) is 0. The van der Waals surface area contributed by atoms with Crippen LogP contribution in [0.25, 0.3) is 21.5 Å². The summed E-state index contributed by atoms with van der Waals surface area (Å²) in [6.07, 6.45) is 0. The molecule has 2 nitrogen and oxygen atoms in total. The molecule has 0 N–H and O–H groups in total. The quantitative estimate of drug-likeness (QED) is 0.112. The van der Waals surface area contributed by atoms with E-state index in [2.05, 4.69) is 236 Å². The molecule has 0 unspecified atom stereocenters. The molecule has 0 spiro atoms. The SMILES string of the molecule is CC(C)(C)[Si](Oc1cc2ccccc2[cH-]1)(c1ccccc1)c1ccccc1.CC(C)(C)[Si](Oc1cc2ccccc2[cH-]1)(c1ccccc1)c1ccccc1.C[CH]=[Zr]([Cl])[Cl]. The van der Waals surface area contributed by atoms with Crippen LogP contribution in [0.4, 0.5) is 0 Å². The van der Waals surface area contributed by atoms with Crippen LogP contribution in [-0.2, 0) is 18.9 Å². The van der Waals surface area contributed by atoms with Gasteiger partial charge in [0.25, 0.3) is 0 Å². The molecule has 0 fully saturated rings. The second-order valence-electron chi connectivity index (χ2n) is 16.7. The zero-order valence-electron chi connectivity index (χ0n) is 35.1. The minimum absolute atomic E-state index is 0.0286. The van der Waals surface area contributed by atoms with Crippen molar-refractivity contribution in [3.63, 3.8) is 0 Å². The normalized spacial score (nSPS) is 11.8. The standard InChI is InChI=1S/2C25H25OSi.C2H4.2ClH.Zr/c2*1-25(2,3)27(23-14-6-4-7-15-23,24-16-8-5-9-17-24)26-22-18-20-12-10-11-13-21(20)19-22;1-2;;;/h2*4-19H,1-3H3;1H,2H3;2*1H;/q2*-1;;;;+2/p-2. The minimum atomic E-state index is -2.55. The molecule has 0 saturated heterocycles. The molecule has 0 radical (unpaired) electrons. The third-order valence-corrected chi connectivity index (χ3v) is 24.3. The van der Waals surface area contributed by atoms with Crippen molar-refractivity contribution in [1.29, 1.82) is 0 Å². The first-order valence-corrected chi connectivity index (χ1v) is 31.7. The average molecular weight is 929 g/mol. The first-order chi connectivity index (χ1) is 28.3. The second kappa shape index (κ2) is 19.5. The zero-order valence-corrected chi connectivity index (χ0v) is 41.1. The molecule has 59 heavy (non-hydrogen) atoms. The number of fused-ring (bicyclic) bond motifs is 2. The van der Waals surface area contributed by atoms with E-state index in [-0.39, 0.29) is 10.1 Å². The Balaban J connectivity index is 0.000000178. The van der Waals surface area contributed by atoms with Crippen LogP contribution in [0.5, 0.6) is 11.5 Å². The van der Waals surface area contributed by atoms with Gasteiger partial charge in [0.05, 0.1) is 0 Å². The number of halogens is 2. The Kier molecular flexibility index (Phi) is 14.7. The second-order valence-corrected chi connectivity index (χ2v) is 34.0. The molecule has 0 amide bonds. The molecule has 0 bridgehead atoms. The van der Waals surface area contributed by atoms with Crippen LogP contribution in [0.2, 0.25) is 10.1 Å². The van der Waals surface area contributed by atoms with Gasteiger partial charge < -0.3 is 8.85 Å². The molecule has 0 saturated carbocycles. The molecule has 8 aromatic rings. The molecule has 0 aromatic heterocycles. The summed E-state index contributed by atoms with van der Waals surface area (Å²) in [5.41, 5.74) is 0. The first-order valence-electron chi connectivity index (χ1n) is 20.2. The molecule has 8 rings (SSSR count). The predicted octanol–water partition coefficient (Wildman–Crippen LogP) is 12.7. The maximum absolute atomic E-state index is 7.06. The predicted molar refractivity (Wildman–Crippen MR) is 259 cm³/mol. The molecule has 0 heterocycles. The molecular formula is C52H54Cl2O2Si2Zr-2. The van der Waals surface area contributed by atoms with Crippen LogP contribution in [0.15, 0.2) is 194 Å². The summed E-state index contributed by atoms with van der Waals surface area (Å²) >= 11 is -1.76. The van der Waals surface area contributed by atoms with E-state index in [1.165, 1.54) is 42.3 Å². The van der Waals surface area contributed by atoms with Gasteiger partial charge >= 0.3 is 63.2 Å². The molecule has 7 heteroatoms. The van der Waals surface area contributed by atoms with E-state index in [0.29, 0.717) is 0 Å². The van der Waals surface area contributed by atoms with Gasteiger partial charge in [0.2, 0.25) is 0 Å². The van der Waals surface area contributed by atoms with Gasteiger partial charge in [-0.05, 0) is 30.8 Å². The zero-order chi connectivity index (χ0) is 42.1. The Hall–Kier alpha value is -4.09. The molecule has 302 valence electrons. The Morgan fingerprint density at radius 2 is 0.695 bits per heavy atom. The van der Waals surface area contributed by atoms with Gasteiger partial charge in [-0.1, -0.05) is 175 Å². The Labute approximate surface area is 368 Å². The Morgan fingerprint density at radius 3 is 0.932 bits per heavy atom. The van der Waals surface area contributed by atoms with E-state index >= 15 is 0 Å². The van der Waals surface area contributed by atoms with Gasteiger partial charge in [-0.25, -0.2) is 0 Å².